The van der Waals surface area contributed by atoms with E-state index in [9.17, 15) is 0 Å². The molecule has 0 aromatic carbocycles. The van der Waals surface area contributed by atoms with Crippen molar-refractivity contribution in [2.75, 3.05) is 17.3 Å². The highest BCUT2D eigenvalue weighted by atomic mass is 32.2. The summed E-state index contributed by atoms with van der Waals surface area (Å²) in [5.74, 6) is 10.1. The van der Waals surface area contributed by atoms with Crippen LogP contribution in [0.3, 0.4) is 0 Å². The number of aromatic nitrogens is 7. The van der Waals surface area contributed by atoms with E-state index in [0.717, 1.165) is 39.4 Å². The van der Waals surface area contributed by atoms with Crippen LogP contribution < -0.4 is 5.84 Å². The number of nitrogens with zero attached hydrogens (tertiary/aromatic N) is 7. The van der Waals surface area contributed by atoms with Crippen LogP contribution in [0.1, 0.15) is 11.8 Å². The maximum absolute atomic E-state index is 6.23. The van der Waals surface area contributed by atoms with Crippen molar-refractivity contribution in [3.8, 4) is 22.8 Å². The Morgan fingerprint density at radius 2 is 2.14 bits per heavy atom. The smallest absolute Gasteiger partial charge is 0.210 e. The van der Waals surface area contributed by atoms with E-state index >= 15 is 0 Å². The molecule has 9 nitrogen and oxygen atoms in total. The van der Waals surface area contributed by atoms with Crippen molar-refractivity contribution < 1.29 is 4.42 Å². The van der Waals surface area contributed by atoms with E-state index in [1.807, 2.05) is 25.1 Å². The van der Waals surface area contributed by atoms with Crippen molar-refractivity contribution >= 4 is 23.5 Å². The van der Waals surface area contributed by atoms with Gasteiger partial charge >= 0.3 is 0 Å². The lowest BCUT2D eigenvalue weighted by atomic mass is 10.2. The van der Waals surface area contributed by atoms with Gasteiger partial charge in [-0.3, -0.25) is 9.55 Å². The second-order valence-corrected chi connectivity index (χ2v) is 8.23. The van der Waals surface area contributed by atoms with Crippen LogP contribution in [0.2, 0.25) is 0 Å². The second-order valence-electron chi connectivity index (χ2n) is 6.26. The molecule has 1 atom stereocenters. The molecule has 2 N–H and O–H groups in total. The predicted molar refractivity (Wildman–Crippen MR) is 106 cm³/mol. The molecule has 4 aromatic rings. The summed E-state index contributed by atoms with van der Waals surface area (Å²) in [4.78, 5) is 4.19. The zero-order valence-corrected chi connectivity index (χ0v) is 16.5. The summed E-state index contributed by atoms with van der Waals surface area (Å²) in [7, 11) is 0. The SMILES string of the molecule is Cc1occc1-c1nnc(SCC2CSc3nnc(-c4cccnc4)n32)n1N. The zero-order chi connectivity index (χ0) is 19.1. The van der Waals surface area contributed by atoms with Gasteiger partial charge in [-0.25, -0.2) is 4.68 Å². The normalized spacial score (nSPS) is 15.8. The fourth-order valence-electron chi connectivity index (χ4n) is 3.11. The number of hydrogen-bond donors (Lipinski definition) is 1. The van der Waals surface area contributed by atoms with E-state index < -0.39 is 0 Å². The van der Waals surface area contributed by atoms with Crippen LogP contribution in [0.4, 0.5) is 0 Å². The minimum atomic E-state index is 0.228. The molecule has 0 bridgehead atoms. The van der Waals surface area contributed by atoms with E-state index in [1.54, 1.807) is 42.2 Å². The Bertz CT molecular complexity index is 1120. The second kappa shape index (κ2) is 6.99. The van der Waals surface area contributed by atoms with Crippen LogP contribution in [-0.2, 0) is 0 Å². The molecule has 142 valence electrons. The first kappa shape index (κ1) is 17.3. The number of nitrogen functional groups attached to an aromatic ring is 1. The summed E-state index contributed by atoms with van der Waals surface area (Å²) in [6, 6.07) is 5.96. The Balaban J connectivity index is 1.37. The molecule has 1 aliphatic heterocycles. The average Bonchev–Trinajstić information content (AvgIpc) is 3.47. The third-order valence-electron chi connectivity index (χ3n) is 4.52. The van der Waals surface area contributed by atoms with Crippen molar-refractivity contribution in [1.82, 2.24) is 34.6 Å². The number of fused-ring (bicyclic) bond motifs is 1. The Morgan fingerprint density at radius 1 is 1.25 bits per heavy atom. The van der Waals surface area contributed by atoms with E-state index in [0.29, 0.717) is 11.0 Å². The Hall–Kier alpha value is -2.79. The lowest BCUT2D eigenvalue weighted by molar-refractivity contribution is 0.535. The maximum Gasteiger partial charge on any atom is 0.210 e. The van der Waals surface area contributed by atoms with Gasteiger partial charge in [0.15, 0.2) is 16.8 Å². The molecular weight excluding hydrogens is 396 g/mol. The third kappa shape index (κ3) is 2.87. The van der Waals surface area contributed by atoms with E-state index in [2.05, 4.69) is 29.9 Å². The molecule has 1 aliphatic rings. The van der Waals surface area contributed by atoms with Crippen LogP contribution in [0.5, 0.6) is 0 Å². The number of aryl methyl sites for hydroxylation is 1. The van der Waals surface area contributed by atoms with Gasteiger partial charge in [-0.15, -0.1) is 20.4 Å². The first-order valence-corrected chi connectivity index (χ1v) is 10.6. The molecular formula is C17H16N8OS2. The first-order valence-electron chi connectivity index (χ1n) is 8.58. The van der Waals surface area contributed by atoms with Gasteiger partial charge in [0.2, 0.25) is 5.16 Å². The van der Waals surface area contributed by atoms with Crippen LogP contribution in [0.15, 0.2) is 51.6 Å². The monoisotopic (exact) mass is 412 g/mol. The number of hydrogen-bond acceptors (Lipinski definition) is 9. The van der Waals surface area contributed by atoms with Gasteiger partial charge in [0.25, 0.3) is 0 Å². The molecule has 0 saturated carbocycles. The van der Waals surface area contributed by atoms with Crippen molar-refractivity contribution in [2.24, 2.45) is 0 Å². The summed E-state index contributed by atoms with van der Waals surface area (Å²) in [5.41, 5.74) is 1.80. The maximum atomic E-state index is 6.23. The van der Waals surface area contributed by atoms with Gasteiger partial charge in [0.1, 0.15) is 5.76 Å². The lowest BCUT2D eigenvalue weighted by Crippen LogP contribution is -2.14. The molecule has 5 rings (SSSR count). The number of nitrogens with two attached hydrogens (primary N) is 1. The van der Waals surface area contributed by atoms with Crippen LogP contribution in [-0.4, -0.2) is 46.1 Å². The summed E-state index contributed by atoms with van der Waals surface area (Å²) in [6.45, 7) is 1.88. The summed E-state index contributed by atoms with van der Waals surface area (Å²) < 4.78 is 9.03. The van der Waals surface area contributed by atoms with Gasteiger partial charge in [0.05, 0.1) is 17.9 Å². The zero-order valence-electron chi connectivity index (χ0n) is 14.9. The molecule has 0 amide bonds. The third-order valence-corrected chi connectivity index (χ3v) is 6.70. The van der Waals surface area contributed by atoms with Crippen LogP contribution in [0.25, 0.3) is 22.8 Å². The van der Waals surface area contributed by atoms with Gasteiger partial charge < -0.3 is 10.3 Å². The standard InChI is InChI=1S/C17H16N8OS2/c1-10-13(4-6-26-10)15-21-23-17(25(15)18)28-9-12-8-27-16-22-20-14(24(12)16)11-3-2-5-19-7-11/h2-7,12H,8-9,18H2,1H3. The summed E-state index contributed by atoms with van der Waals surface area (Å²) >= 11 is 3.27. The quantitative estimate of drug-likeness (QED) is 0.390. The summed E-state index contributed by atoms with van der Waals surface area (Å²) in [6.07, 6.45) is 5.18. The molecule has 4 aromatic heterocycles. The minimum absolute atomic E-state index is 0.228. The topological polar surface area (TPSA) is 113 Å². The Morgan fingerprint density at radius 3 is 2.93 bits per heavy atom. The van der Waals surface area contributed by atoms with E-state index in [-0.39, 0.29) is 6.04 Å². The highest BCUT2D eigenvalue weighted by molar-refractivity contribution is 8.00. The molecule has 5 heterocycles. The van der Waals surface area contributed by atoms with Crippen molar-refractivity contribution in [1.29, 1.82) is 0 Å². The van der Waals surface area contributed by atoms with Gasteiger partial charge in [-0.05, 0) is 25.1 Å². The largest absolute Gasteiger partial charge is 0.469 e. The molecule has 28 heavy (non-hydrogen) atoms. The highest BCUT2D eigenvalue weighted by Gasteiger charge is 2.29. The molecule has 0 fully saturated rings. The van der Waals surface area contributed by atoms with Crippen LogP contribution in [0, 0.1) is 6.92 Å². The number of furan rings is 1. The molecule has 0 saturated heterocycles. The average molecular weight is 413 g/mol. The highest BCUT2D eigenvalue weighted by Crippen LogP contribution is 2.38. The predicted octanol–water partition coefficient (Wildman–Crippen LogP) is 2.65. The minimum Gasteiger partial charge on any atom is -0.469 e. The van der Waals surface area contributed by atoms with Crippen LogP contribution >= 0.6 is 23.5 Å². The van der Waals surface area contributed by atoms with Gasteiger partial charge in [-0.2, -0.15) is 0 Å². The first-order chi connectivity index (χ1) is 13.7. The summed E-state index contributed by atoms with van der Waals surface area (Å²) in [5, 5.41) is 18.7. The van der Waals surface area contributed by atoms with Gasteiger partial charge in [0, 0.05) is 29.5 Å². The van der Waals surface area contributed by atoms with E-state index in [1.165, 1.54) is 4.68 Å². The molecule has 0 radical (unpaired) electrons. The molecule has 0 aliphatic carbocycles. The molecule has 0 spiro atoms. The Labute approximate surface area is 168 Å². The van der Waals surface area contributed by atoms with E-state index in [4.69, 9.17) is 10.3 Å². The van der Waals surface area contributed by atoms with Gasteiger partial charge in [-0.1, -0.05) is 23.5 Å². The van der Waals surface area contributed by atoms with Crippen molar-refractivity contribution in [2.45, 2.75) is 23.3 Å². The lowest BCUT2D eigenvalue weighted by Gasteiger charge is -2.13. The molecule has 1 unspecified atom stereocenters. The number of pyridine rings is 1. The number of thioether (sulfide) groups is 2. The Kier molecular flexibility index (Phi) is 4.32. The van der Waals surface area contributed by atoms with Crippen molar-refractivity contribution in [3.63, 3.8) is 0 Å². The number of rotatable bonds is 5. The fraction of sp³-hybridized carbons (Fsp3) is 0.235. The fourth-order valence-corrected chi connectivity index (χ4v) is 5.27. The van der Waals surface area contributed by atoms with Crippen molar-refractivity contribution in [3.05, 3.63) is 42.6 Å². The molecule has 11 heteroatoms.